The average molecular weight is 213 g/mol. The molecule has 4 heteroatoms. The molecule has 0 amide bonds. The van der Waals surface area contributed by atoms with E-state index in [0.717, 1.165) is 22.2 Å². The Morgan fingerprint density at radius 2 is 2.12 bits per heavy atom. The third-order valence-corrected chi connectivity index (χ3v) is 2.67. The number of hydrogen-bond donors (Lipinski definition) is 1. The molecule has 2 N–H and O–H groups in total. The van der Waals surface area contributed by atoms with Crippen molar-refractivity contribution in [2.75, 3.05) is 5.73 Å². The lowest BCUT2D eigenvalue weighted by Gasteiger charge is -1.91. The number of rotatable bonds is 1. The van der Waals surface area contributed by atoms with Crippen LogP contribution < -0.4 is 5.73 Å². The topological polar surface area (TPSA) is 57.0 Å². The van der Waals surface area contributed by atoms with Crippen LogP contribution in [0.5, 0.6) is 0 Å². The number of para-hydroxylation sites is 1. The molecular formula is C12H11N3O. The number of fused-ring (bicyclic) bond motifs is 1. The van der Waals surface area contributed by atoms with Crippen molar-refractivity contribution in [3.05, 3.63) is 36.6 Å². The van der Waals surface area contributed by atoms with Gasteiger partial charge in [0.05, 0.1) is 5.69 Å². The first-order chi connectivity index (χ1) is 7.75. The minimum atomic E-state index is 0.639. The molecule has 0 aliphatic carbocycles. The Bertz CT molecular complexity index is 632. The van der Waals surface area contributed by atoms with Crippen LogP contribution in [-0.4, -0.2) is 9.78 Å². The molecule has 0 atom stereocenters. The van der Waals surface area contributed by atoms with Crippen molar-refractivity contribution in [3.8, 4) is 11.3 Å². The van der Waals surface area contributed by atoms with E-state index in [4.69, 9.17) is 10.2 Å². The van der Waals surface area contributed by atoms with Crippen LogP contribution in [0.2, 0.25) is 0 Å². The zero-order chi connectivity index (χ0) is 11.1. The monoisotopic (exact) mass is 213 g/mol. The molecule has 2 heterocycles. The summed E-state index contributed by atoms with van der Waals surface area (Å²) in [7, 11) is 1.82. The summed E-state index contributed by atoms with van der Waals surface area (Å²) in [6.45, 7) is 0. The fourth-order valence-corrected chi connectivity index (χ4v) is 1.79. The number of benzene rings is 1. The van der Waals surface area contributed by atoms with Crippen molar-refractivity contribution >= 4 is 16.8 Å². The molecule has 0 radical (unpaired) electrons. The Morgan fingerprint density at radius 1 is 1.31 bits per heavy atom. The number of anilines is 1. The molecule has 1 aromatic carbocycles. The third kappa shape index (κ3) is 1.20. The molecule has 0 aliphatic rings. The van der Waals surface area contributed by atoms with Crippen molar-refractivity contribution in [3.63, 3.8) is 0 Å². The van der Waals surface area contributed by atoms with Gasteiger partial charge in [-0.1, -0.05) is 18.2 Å². The van der Waals surface area contributed by atoms with E-state index in [1.165, 1.54) is 0 Å². The Morgan fingerprint density at radius 3 is 2.88 bits per heavy atom. The molecule has 0 unspecified atom stereocenters. The maximum absolute atomic E-state index is 5.76. The molecule has 0 saturated carbocycles. The summed E-state index contributed by atoms with van der Waals surface area (Å²) in [6, 6.07) is 9.72. The number of hydrogen-bond acceptors (Lipinski definition) is 3. The second-order valence-corrected chi connectivity index (χ2v) is 3.72. The normalized spacial score (nSPS) is 11.1. The van der Waals surface area contributed by atoms with Gasteiger partial charge in [0.1, 0.15) is 17.7 Å². The van der Waals surface area contributed by atoms with Crippen LogP contribution in [0, 0.1) is 0 Å². The summed E-state index contributed by atoms with van der Waals surface area (Å²) in [5.74, 6) is 0.639. The number of aromatic nitrogens is 2. The zero-order valence-electron chi connectivity index (χ0n) is 8.84. The molecule has 4 nitrogen and oxygen atoms in total. The van der Waals surface area contributed by atoms with Crippen molar-refractivity contribution in [2.24, 2.45) is 7.05 Å². The number of aryl methyl sites for hydroxylation is 1. The lowest BCUT2D eigenvalue weighted by Crippen LogP contribution is -1.96. The molecule has 3 aromatic rings. The van der Waals surface area contributed by atoms with Crippen molar-refractivity contribution in [1.29, 1.82) is 0 Å². The highest BCUT2D eigenvalue weighted by molar-refractivity contribution is 5.93. The smallest absolute Gasteiger partial charge is 0.134 e. The summed E-state index contributed by atoms with van der Waals surface area (Å²) >= 11 is 0. The summed E-state index contributed by atoms with van der Waals surface area (Å²) in [6.07, 6.45) is 1.71. The van der Waals surface area contributed by atoms with Crippen LogP contribution in [0.25, 0.3) is 22.2 Å². The fraction of sp³-hybridized carbons (Fsp3) is 0.0833. The van der Waals surface area contributed by atoms with Gasteiger partial charge in [0, 0.05) is 24.1 Å². The van der Waals surface area contributed by atoms with Crippen LogP contribution in [0.3, 0.4) is 0 Å². The van der Waals surface area contributed by atoms with E-state index < -0.39 is 0 Å². The highest BCUT2D eigenvalue weighted by Crippen LogP contribution is 2.30. The number of nitrogens with zero attached hydrogens (tertiary/aromatic N) is 2. The van der Waals surface area contributed by atoms with Crippen LogP contribution in [-0.2, 0) is 7.05 Å². The van der Waals surface area contributed by atoms with Gasteiger partial charge in [-0.15, -0.1) is 0 Å². The quantitative estimate of drug-likeness (QED) is 0.675. The second-order valence-electron chi connectivity index (χ2n) is 3.72. The lowest BCUT2D eigenvalue weighted by molar-refractivity contribution is 0.616. The minimum Gasteiger partial charge on any atom is -0.464 e. The van der Waals surface area contributed by atoms with Gasteiger partial charge < -0.3 is 10.2 Å². The van der Waals surface area contributed by atoms with Gasteiger partial charge in [-0.2, -0.15) is 5.10 Å². The molecular weight excluding hydrogens is 202 g/mol. The van der Waals surface area contributed by atoms with Gasteiger partial charge in [-0.3, -0.25) is 4.68 Å². The summed E-state index contributed by atoms with van der Waals surface area (Å²) in [4.78, 5) is 0. The first-order valence-corrected chi connectivity index (χ1v) is 5.02. The second kappa shape index (κ2) is 3.13. The first-order valence-electron chi connectivity index (χ1n) is 5.02. The summed E-state index contributed by atoms with van der Waals surface area (Å²) in [5.41, 5.74) is 8.44. The molecule has 0 bridgehead atoms. The van der Waals surface area contributed by atoms with E-state index in [0.29, 0.717) is 5.82 Å². The van der Waals surface area contributed by atoms with Crippen LogP contribution in [0.1, 0.15) is 0 Å². The van der Waals surface area contributed by atoms with Crippen molar-refractivity contribution in [2.45, 2.75) is 0 Å². The highest BCUT2D eigenvalue weighted by atomic mass is 16.3. The van der Waals surface area contributed by atoms with Crippen molar-refractivity contribution < 1.29 is 4.42 Å². The van der Waals surface area contributed by atoms with Crippen LogP contribution in [0.15, 0.2) is 41.0 Å². The predicted molar refractivity (Wildman–Crippen MR) is 62.8 cm³/mol. The number of nitrogen functional groups attached to an aromatic ring is 1. The van der Waals surface area contributed by atoms with Crippen molar-refractivity contribution in [1.82, 2.24) is 9.78 Å². The molecule has 0 spiro atoms. The first kappa shape index (κ1) is 9.03. The Hall–Kier alpha value is -2.23. The molecule has 0 saturated heterocycles. The predicted octanol–water partition coefficient (Wildman–Crippen LogP) is 2.42. The zero-order valence-corrected chi connectivity index (χ0v) is 8.84. The average Bonchev–Trinajstić information content (AvgIpc) is 2.83. The number of furan rings is 1. The largest absolute Gasteiger partial charge is 0.464 e. The SMILES string of the molecule is Cn1nc(-c2coc3ccccc23)cc1N. The maximum atomic E-state index is 5.76. The highest BCUT2D eigenvalue weighted by Gasteiger charge is 2.11. The van der Waals surface area contributed by atoms with Gasteiger partial charge in [0.25, 0.3) is 0 Å². The van der Waals surface area contributed by atoms with Gasteiger partial charge in [0.15, 0.2) is 0 Å². The van der Waals surface area contributed by atoms with E-state index in [2.05, 4.69) is 5.10 Å². The molecule has 80 valence electrons. The number of nitrogens with two attached hydrogens (primary N) is 1. The Kier molecular flexibility index (Phi) is 1.77. The third-order valence-electron chi connectivity index (χ3n) is 2.67. The molecule has 16 heavy (non-hydrogen) atoms. The summed E-state index contributed by atoms with van der Waals surface area (Å²) in [5, 5.41) is 5.39. The van der Waals surface area contributed by atoms with Gasteiger partial charge in [-0.05, 0) is 6.07 Å². The molecule has 2 aromatic heterocycles. The summed E-state index contributed by atoms with van der Waals surface area (Å²) < 4.78 is 7.11. The van der Waals surface area contributed by atoms with Gasteiger partial charge >= 0.3 is 0 Å². The fourth-order valence-electron chi connectivity index (χ4n) is 1.79. The van der Waals surface area contributed by atoms with E-state index in [1.807, 2.05) is 37.4 Å². The van der Waals surface area contributed by atoms with E-state index in [1.54, 1.807) is 10.9 Å². The molecule has 3 rings (SSSR count). The van der Waals surface area contributed by atoms with E-state index >= 15 is 0 Å². The Labute approximate surface area is 92.3 Å². The molecule has 0 aliphatic heterocycles. The lowest BCUT2D eigenvalue weighted by atomic mass is 10.1. The van der Waals surface area contributed by atoms with E-state index in [-0.39, 0.29) is 0 Å². The minimum absolute atomic E-state index is 0.639. The van der Waals surface area contributed by atoms with Gasteiger partial charge in [0.2, 0.25) is 0 Å². The maximum Gasteiger partial charge on any atom is 0.134 e. The molecule has 0 fully saturated rings. The Balaban J connectivity index is 2.26. The van der Waals surface area contributed by atoms with Crippen LogP contribution >= 0.6 is 0 Å². The standard InChI is InChI=1S/C12H11N3O/c1-15-12(13)6-10(14-15)9-7-16-11-5-3-2-4-8(9)11/h2-7H,13H2,1H3. The van der Waals surface area contributed by atoms with Gasteiger partial charge in [-0.25, -0.2) is 0 Å². The van der Waals surface area contributed by atoms with Crippen LogP contribution in [0.4, 0.5) is 5.82 Å². The van der Waals surface area contributed by atoms with E-state index in [9.17, 15) is 0 Å².